The van der Waals surface area contributed by atoms with Crippen molar-refractivity contribution in [1.82, 2.24) is 0 Å². The second-order valence-corrected chi connectivity index (χ2v) is 3.99. The SMILES string of the molecule is Cc1cccc(O[C@@H](C)c2ccccc2)c1. The number of hydrogen-bond donors (Lipinski definition) is 0. The van der Waals surface area contributed by atoms with E-state index >= 15 is 0 Å². The van der Waals surface area contributed by atoms with Crippen LogP contribution in [0.1, 0.15) is 24.2 Å². The molecule has 0 amide bonds. The van der Waals surface area contributed by atoms with E-state index in [4.69, 9.17) is 4.74 Å². The third-order valence-corrected chi connectivity index (χ3v) is 2.57. The Hall–Kier alpha value is -1.76. The molecule has 1 heteroatoms. The minimum absolute atomic E-state index is 0.0861. The molecule has 0 bridgehead atoms. The van der Waals surface area contributed by atoms with Crippen molar-refractivity contribution in [2.24, 2.45) is 0 Å². The van der Waals surface area contributed by atoms with Crippen LogP contribution in [-0.4, -0.2) is 0 Å². The van der Waals surface area contributed by atoms with E-state index in [9.17, 15) is 0 Å². The first-order valence-corrected chi connectivity index (χ1v) is 5.54. The van der Waals surface area contributed by atoms with Crippen molar-refractivity contribution in [3.05, 3.63) is 65.7 Å². The van der Waals surface area contributed by atoms with Crippen molar-refractivity contribution < 1.29 is 4.74 Å². The molecule has 0 aliphatic rings. The molecule has 0 heterocycles. The Morgan fingerprint density at radius 1 is 0.938 bits per heavy atom. The van der Waals surface area contributed by atoms with Gasteiger partial charge in [-0.3, -0.25) is 0 Å². The molecule has 1 atom stereocenters. The van der Waals surface area contributed by atoms with Gasteiger partial charge in [0.05, 0.1) is 0 Å². The highest BCUT2D eigenvalue weighted by atomic mass is 16.5. The van der Waals surface area contributed by atoms with Crippen molar-refractivity contribution in [2.45, 2.75) is 20.0 Å². The molecule has 0 aliphatic carbocycles. The lowest BCUT2D eigenvalue weighted by molar-refractivity contribution is 0.227. The van der Waals surface area contributed by atoms with Crippen molar-refractivity contribution in [3.8, 4) is 5.75 Å². The first-order valence-electron chi connectivity index (χ1n) is 5.54. The molecule has 0 unspecified atom stereocenters. The number of benzene rings is 2. The molecule has 16 heavy (non-hydrogen) atoms. The third-order valence-electron chi connectivity index (χ3n) is 2.57. The zero-order valence-electron chi connectivity index (χ0n) is 9.68. The summed E-state index contributed by atoms with van der Waals surface area (Å²) in [5, 5.41) is 0. The number of ether oxygens (including phenoxy) is 1. The Labute approximate surface area is 96.7 Å². The van der Waals surface area contributed by atoms with Gasteiger partial charge in [0, 0.05) is 0 Å². The standard InChI is InChI=1S/C15H16O/c1-12-7-6-10-15(11-12)16-13(2)14-8-4-3-5-9-14/h3-11,13H,1-2H3/t13-/m0/s1. The molecule has 82 valence electrons. The molecule has 2 aromatic rings. The van der Waals surface area contributed by atoms with Crippen LogP contribution >= 0.6 is 0 Å². The summed E-state index contributed by atoms with van der Waals surface area (Å²) >= 11 is 0. The van der Waals surface area contributed by atoms with E-state index in [-0.39, 0.29) is 6.10 Å². The number of aryl methyl sites for hydroxylation is 1. The molecule has 0 saturated heterocycles. The highest BCUT2D eigenvalue weighted by Crippen LogP contribution is 2.21. The summed E-state index contributed by atoms with van der Waals surface area (Å²) in [6.07, 6.45) is 0.0861. The normalized spacial score (nSPS) is 12.1. The van der Waals surface area contributed by atoms with Crippen LogP contribution in [0.15, 0.2) is 54.6 Å². The van der Waals surface area contributed by atoms with E-state index in [2.05, 4.69) is 38.1 Å². The Morgan fingerprint density at radius 3 is 2.38 bits per heavy atom. The van der Waals surface area contributed by atoms with Crippen molar-refractivity contribution in [1.29, 1.82) is 0 Å². The smallest absolute Gasteiger partial charge is 0.121 e. The van der Waals surface area contributed by atoms with Crippen molar-refractivity contribution >= 4 is 0 Å². The van der Waals surface area contributed by atoms with Gasteiger partial charge in [-0.25, -0.2) is 0 Å². The molecular weight excluding hydrogens is 196 g/mol. The van der Waals surface area contributed by atoms with Crippen LogP contribution in [0.2, 0.25) is 0 Å². The quantitative estimate of drug-likeness (QED) is 0.743. The third kappa shape index (κ3) is 2.63. The first-order chi connectivity index (χ1) is 7.75. The van der Waals surface area contributed by atoms with E-state index in [1.54, 1.807) is 0 Å². The fraction of sp³-hybridized carbons (Fsp3) is 0.200. The van der Waals surface area contributed by atoms with Gasteiger partial charge >= 0.3 is 0 Å². The number of rotatable bonds is 3. The van der Waals surface area contributed by atoms with Crippen LogP contribution in [0.5, 0.6) is 5.75 Å². The van der Waals surface area contributed by atoms with Gasteiger partial charge in [-0.05, 0) is 37.1 Å². The minimum Gasteiger partial charge on any atom is -0.486 e. The summed E-state index contributed by atoms with van der Waals surface area (Å²) in [5.74, 6) is 0.927. The maximum absolute atomic E-state index is 5.88. The predicted molar refractivity (Wildman–Crippen MR) is 66.7 cm³/mol. The Balaban J connectivity index is 2.11. The predicted octanol–water partition coefficient (Wildman–Crippen LogP) is 4.14. The zero-order chi connectivity index (χ0) is 11.4. The number of hydrogen-bond acceptors (Lipinski definition) is 1. The van der Waals surface area contributed by atoms with Gasteiger partial charge in [0.15, 0.2) is 0 Å². The Bertz CT molecular complexity index is 448. The van der Waals surface area contributed by atoms with Crippen LogP contribution in [0.4, 0.5) is 0 Å². The molecule has 2 rings (SSSR count). The topological polar surface area (TPSA) is 9.23 Å². The van der Waals surface area contributed by atoms with Gasteiger partial charge in [-0.15, -0.1) is 0 Å². The van der Waals surface area contributed by atoms with E-state index in [1.807, 2.05) is 30.3 Å². The molecule has 0 fully saturated rings. The molecule has 0 spiro atoms. The van der Waals surface area contributed by atoms with E-state index < -0.39 is 0 Å². The zero-order valence-corrected chi connectivity index (χ0v) is 9.68. The first kappa shape index (κ1) is 10.7. The second kappa shape index (κ2) is 4.84. The summed E-state index contributed by atoms with van der Waals surface area (Å²) in [4.78, 5) is 0. The maximum atomic E-state index is 5.88. The lowest BCUT2D eigenvalue weighted by Crippen LogP contribution is -2.02. The molecule has 0 saturated carbocycles. The van der Waals surface area contributed by atoms with Gasteiger partial charge < -0.3 is 4.74 Å². The van der Waals surface area contributed by atoms with Crippen LogP contribution in [-0.2, 0) is 0 Å². The van der Waals surface area contributed by atoms with Crippen LogP contribution < -0.4 is 4.74 Å². The molecule has 0 N–H and O–H groups in total. The molecule has 0 aromatic heterocycles. The summed E-state index contributed by atoms with van der Waals surface area (Å²) in [5.41, 5.74) is 2.42. The fourth-order valence-electron chi connectivity index (χ4n) is 1.68. The van der Waals surface area contributed by atoms with Crippen LogP contribution in [0.3, 0.4) is 0 Å². The van der Waals surface area contributed by atoms with Gasteiger partial charge in [-0.1, -0.05) is 42.5 Å². The lowest BCUT2D eigenvalue weighted by Gasteiger charge is -2.15. The van der Waals surface area contributed by atoms with Gasteiger partial charge in [0.1, 0.15) is 11.9 Å². The van der Waals surface area contributed by atoms with Crippen molar-refractivity contribution in [3.63, 3.8) is 0 Å². The fourth-order valence-corrected chi connectivity index (χ4v) is 1.68. The van der Waals surface area contributed by atoms with Crippen molar-refractivity contribution in [2.75, 3.05) is 0 Å². The summed E-state index contributed by atoms with van der Waals surface area (Å²) in [7, 11) is 0. The summed E-state index contributed by atoms with van der Waals surface area (Å²) in [6.45, 7) is 4.14. The van der Waals surface area contributed by atoms with Gasteiger partial charge in [0.2, 0.25) is 0 Å². The largest absolute Gasteiger partial charge is 0.486 e. The lowest BCUT2D eigenvalue weighted by atomic mass is 10.1. The molecular formula is C15H16O. The highest BCUT2D eigenvalue weighted by molar-refractivity contribution is 5.28. The van der Waals surface area contributed by atoms with Gasteiger partial charge in [-0.2, -0.15) is 0 Å². The molecule has 2 aromatic carbocycles. The average molecular weight is 212 g/mol. The highest BCUT2D eigenvalue weighted by Gasteiger charge is 2.05. The molecule has 0 radical (unpaired) electrons. The maximum Gasteiger partial charge on any atom is 0.121 e. The minimum atomic E-state index is 0.0861. The van der Waals surface area contributed by atoms with E-state index in [0.29, 0.717) is 0 Å². The Kier molecular flexibility index (Phi) is 3.25. The molecule has 1 nitrogen and oxygen atoms in total. The molecule has 0 aliphatic heterocycles. The monoisotopic (exact) mass is 212 g/mol. The van der Waals surface area contributed by atoms with Gasteiger partial charge in [0.25, 0.3) is 0 Å². The summed E-state index contributed by atoms with van der Waals surface area (Å²) in [6, 6.07) is 18.4. The summed E-state index contributed by atoms with van der Waals surface area (Å²) < 4.78 is 5.88. The average Bonchev–Trinajstić information content (AvgIpc) is 2.30. The van der Waals surface area contributed by atoms with E-state index in [1.165, 1.54) is 11.1 Å². The Morgan fingerprint density at radius 2 is 1.69 bits per heavy atom. The van der Waals surface area contributed by atoms with E-state index in [0.717, 1.165) is 5.75 Å². The second-order valence-electron chi connectivity index (χ2n) is 3.99. The van der Waals surface area contributed by atoms with Crippen LogP contribution in [0, 0.1) is 6.92 Å². The van der Waals surface area contributed by atoms with Crippen LogP contribution in [0.25, 0.3) is 0 Å².